The molecule has 0 radical (unpaired) electrons. The quantitative estimate of drug-likeness (QED) is 0.760. The van der Waals surface area contributed by atoms with Crippen LogP contribution in [0.5, 0.6) is 0 Å². The van der Waals surface area contributed by atoms with Crippen LogP contribution in [0.4, 0.5) is 5.69 Å². The molecule has 90 valence electrons. The van der Waals surface area contributed by atoms with Gasteiger partial charge in [0.05, 0.1) is 0 Å². The predicted molar refractivity (Wildman–Crippen MR) is 72.8 cm³/mol. The highest BCUT2D eigenvalue weighted by Gasteiger charge is 2.18. The highest BCUT2D eigenvalue weighted by atomic mass is 14.9. The summed E-state index contributed by atoms with van der Waals surface area (Å²) >= 11 is 0. The summed E-state index contributed by atoms with van der Waals surface area (Å²) in [7, 11) is 0. The zero-order chi connectivity index (χ0) is 11.8. The van der Waals surface area contributed by atoms with Gasteiger partial charge in [-0.3, -0.25) is 0 Å². The van der Waals surface area contributed by atoms with E-state index in [1.54, 1.807) is 0 Å². The Hall–Kier alpha value is -0.980. The zero-order valence-electron chi connectivity index (χ0n) is 10.9. The average Bonchev–Trinajstić information content (AvgIpc) is 2.33. The van der Waals surface area contributed by atoms with Crippen LogP contribution in [0, 0.1) is 5.92 Å². The Morgan fingerprint density at radius 2 is 1.75 bits per heavy atom. The maximum Gasteiger partial charge on any atom is 0.0342 e. The van der Waals surface area contributed by atoms with E-state index >= 15 is 0 Å². The van der Waals surface area contributed by atoms with Gasteiger partial charge in [-0.15, -0.1) is 0 Å². The number of nitrogens with one attached hydrogen (secondary N) is 1. The van der Waals surface area contributed by atoms with Crippen LogP contribution in [0.2, 0.25) is 0 Å². The largest absolute Gasteiger partial charge is 0.382 e. The third-order valence-corrected chi connectivity index (χ3v) is 3.08. The van der Waals surface area contributed by atoms with Gasteiger partial charge in [-0.25, -0.2) is 0 Å². The van der Waals surface area contributed by atoms with Gasteiger partial charge in [-0.05, 0) is 30.9 Å². The molecule has 1 heteroatoms. The van der Waals surface area contributed by atoms with E-state index < -0.39 is 0 Å². The summed E-state index contributed by atoms with van der Waals surface area (Å²) in [4.78, 5) is 0. The molecular formula is C15H25N. The van der Waals surface area contributed by atoms with E-state index in [0.717, 1.165) is 5.92 Å². The molecule has 2 atom stereocenters. The lowest BCUT2D eigenvalue weighted by atomic mass is 9.87. The van der Waals surface area contributed by atoms with Crippen LogP contribution >= 0.6 is 0 Å². The molecule has 2 rings (SSSR count). The monoisotopic (exact) mass is 219 g/mol. The molecule has 0 amide bonds. The topological polar surface area (TPSA) is 12.0 Å². The Bertz CT molecular complexity index is 268. The fraction of sp³-hybridized carbons (Fsp3) is 0.600. The standard InChI is InChI=1S/C13H19N.C2H6/c1-11-6-5-9-13(10-11)14-12-7-3-2-4-8-12;1-2/h2-4,7-8,11,13-14H,5-6,9-10H2,1H3;1-2H3. The SMILES string of the molecule is CC.CC1CCCC(Nc2ccccc2)C1. The van der Waals surface area contributed by atoms with Crippen molar-refractivity contribution in [3.05, 3.63) is 30.3 Å². The molecule has 16 heavy (non-hydrogen) atoms. The number of anilines is 1. The van der Waals surface area contributed by atoms with Crippen molar-refractivity contribution in [2.75, 3.05) is 5.32 Å². The van der Waals surface area contributed by atoms with Crippen molar-refractivity contribution in [3.63, 3.8) is 0 Å². The Morgan fingerprint density at radius 3 is 2.38 bits per heavy atom. The van der Waals surface area contributed by atoms with Crippen molar-refractivity contribution < 1.29 is 0 Å². The van der Waals surface area contributed by atoms with Crippen LogP contribution in [0.25, 0.3) is 0 Å². The normalized spacial score (nSPS) is 24.2. The van der Waals surface area contributed by atoms with Crippen LogP contribution in [0.1, 0.15) is 46.5 Å². The molecule has 0 bridgehead atoms. The van der Waals surface area contributed by atoms with Crippen molar-refractivity contribution >= 4 is 5.69 Å². The van der Waals surface area contributed by atoms with Crippen molar-refractivity contribution in [2.45, 2.75) is 52.5 Å². The highest BCUT2D eigenvalue weighted by molar-refractivity contribution is 5.43. The van der Waals surface area contributed by atoms with E-state index in [1.165, 1.54) is 31.4 Å². The fourth-order valence-corrected chi connectivity index (χ4v) is 2.34. The highest BCUT2D eigenvalue weighted by Crippen LogP contribution is 2.25. The second-order valence-corrected chi connectivity index (χ2v) is 4.48. The summed E-state index contributed by atoms with van der Waals surface area (Å²) in [5.41, 5.74) is 1.27. The number of hydrogen-bond acceptors (Lipinski definition) is 1. The minimum absolute atomic E-state index is 0.696. The maximum atomic E-state index is 3.61. The van der Waals surface area contributed by atoms with Crippen LogP contribution in [-0.4, -0.2) is 6.04 Å². The second-order valence-electron chi connectivity index (χ2n) is 4.48. The van der Waals surface area contributed by atoms with Crippen molar-refractivity contribution in [2.24, 2.45) is 5.92 Å². The lowest BCUT2D eigenvalue weighted by Crippen LogP contribution is -2.26. The molecule has 2 unspecified atom stereocenters. The summed E-state index contributed by atoms with van der Waals surface area (Å²) in [5.74, 6) is 0.893. The zero-order valence-corrected chi connectivity index (χ0v) is 10.9. The first kappa shape index (κ1) is 13.1. The van der Waals surface area contributed by atoms with Gasteiger partial charge in [0.1, 0.15) is 0 Å². The van der Waals surface area contributed by atoms with Crippen LogP contribution < -0.4 is 5.32 Å². The van der Waals surface area contributed by atoms with E-state index in [-0.39, 0.29) is 0 Å². The molecule has 1 aromatic rings. The summed E-state index contributed by atoms with van der Waals surface area (Å²) in [6.45, 7) is 6.36. The summed E-state index contributed by atoms with van der Waals surface area (Å²) in [6.07, 6.45) is 5.45. The van der Waals surface area contributed by atoms with Gasteiger partial charge in [-0.2, -0.15) is 0 Å². The lowest BCUT2D eigenvalue weighted by molar-refractivity contribution is 0.358. The number of benzene rings is 1. The molecule has 0 heterocycles. The molecule has 0 spiro atoms. The van der Waals surface area contributed by atoms with E-state index in [9.17, 15) is 0 Å². The lowest BCUT2D eigenvalue weighted by Gasteiger charge is -2.28. The molecule has 0 saturated heterocycles. The minimum atomic E-state index is 0.696. The Labute approximate surface area is 100 Å². The van der Waals surface area contributed by atoms with E-state index in [2.05, 4.69) is 42.6 Å². The number of rotatable bonds is 2. The second kappa shape index (κ2) is 7.32. The van der Waals surface area contributed by atoms with Crippen LogP contribution in [0.15, 0.2) is 30.3 Å². The Morgan fingerprint density at radius 1 is 1.06 bits per heavy atom. The van der Waals surface area contributed by atoms with Gasteiger partial charge in [-0.1, -0.05) is 51.8 Å². The maximum absolute atomic E-state index is 3.61. The molecule has 1 aliphatic carbocycles. The third-order valence-electron chi connectivity index (χ3n) is 3.08. The fourth-order valence-electron chi connectivity index (χ4n) is 2.34. The molecule has 0 aliphatic heterocycles. The van der Waals surface area contributed by atoms with E-state index in [0.29, 0.717) is 6.04 Å². The predicted octanol–water partition coefficient (Wildman–Crippen LogP) is 4.70. The minimum Gasteiger partial charge on any atom is -0.382 e. The summed E-state index contributed by atoms with van der Waals surface area (Å²) in [6, 6.07) is 11.2. The molecule has 0 aromatic heterocycles. The molecule has 1 aromatic carbocycles. The van der Waals surface area contributed by atoms with Crippen LogP contribution in [-0.2, 0) is 0 Å². The average molecular weight is 219 g/mol. The third kappa shape index (κ3) is 4.26. The van der Waals surface area contributed by atoms with Gasteiger partial charge in [0, 0.05) is 11.7 Å². The van der Waals surface area contributed by atoms with E-state index in [1.807, 2.05) is 13.8 Å². The first-order valence-corrected chi connectivity index (χ1v) is 6.66. The van der Waals surface area contributed by atoms with Crippen molar-refractivity contribution in [3.8, 4) is 0 Å². The Balaban J connectivity index is 0.000000606. The number of para-hydroxylation sites is 1. The molecule has 1 saturated carbocycles. The molecule has 1 fully saturated rings. The van der Waals surface area contributed by atoms with Gasteiger partial charge in [0.15, 0.2) is 0 Å². The molecule has 1 N–H and O–H groups in total. The number of hydrogen-bond donors (Lipinski definition) is 1. The Kier molecular flexibility index (Phi) is 5.99. The van der Waals surface area contributed by atoms with Gasteiger partial charge in [0.25, 0.3) is 0 Å². The molecule has 1 aliphatic rings. The smallest absolute Gasteiger partial charge is 0.0342 e. The van der Waals surface area contributed by atoms with Gasteiger partial charge in [0.2, 0.25) is 0 Å². The van der Waals surface area contributed by atoms with Gasteiger partial charge >= 0.3 is 0 Å². The summed E-state index contributed by atoms with van der Waals surface area (Å²) in [5, 5.41) is 3.61. The van der Waals surface area contributed by atoms with Crippen LogP contribution in [0.3, 0.4) is 0 Å². The summed E-state index contributed by atoms with van der Waals surface area (Å²) < 4.78 is 0. The van der Waals surface area contributed by atoms with Gasteiger partial charge < -0.3 is 5.32 Å². The first-order valence-electron chi connectivity index (χ1n) is 6.66. The molecular weight excluding hydrogens is 194 g/mol. The van der Waals surface area contributed by atoms with Crippen molar-refractivity contribution in [1.29, 1.82) is 0 Å². The van der Waals surface area contributed by atoms with E-state index in [4.69, 9.17) is 0 Å². The first-order chi connectivity index (χ1) is 7.84. The van der Waals surface area contributed by atoms with Crippen molar-refractivity contribution in [1.82, 2.24) is 0 Å². The molecule has 1 nitrogen and oxygen atoms in total.